The predicted molar refractivity (Wildman–Crippen MR) is 142 cm³/mol. The summed E-state index contributed by atoms with van der Waals surface area (Å²) in [7, 11) is 3.04. The van der Waals surface area contributed by atoms with Crippen molar-refractivity contribution in [2.75, 3.05) is 38.2 Å². The van der Waals surface area contributed by atoms with Gasteiger partial charge in [-0.05, 0) is 54.2 Å². The number of carbonyl (C=O) groups excluding carboxylic acids is 2. The molecule has 0 atom stereocenters. The molecule has 0 amide bonds. The fourth-order valence-corrected chi connectivity index (χ4v) is 4.53. The molecule has 3 aromatic rings. The Morgan fingerprint density at radius 1 is 1.03 bits per heavy atom. The van der Waals surface area contributed by atoms with Crippen molar-refractivity contribution < 1.29 is 14.3 Å². The molecule has 1 radical (unpaired) electrons. The Hall–Kier alpha value is -3.52. The smallest absolute Gasteiger partial charge is 0.309 e. The van der Waals surface area contributed by atoms with Crippen molar-refractivity contribution in [3.05, 3.63) is 88.5 Å². The minimum Gasteiger partial charge on any atom is -0.469 e. The highest BCUT2D eigenvalue weighted by molar-refractivity contribution is 6.64. The molecule has 0 unspecified atom stereocenters. The van der Waals surface area contributed by atoms with E-state index in [2.05, 4.69) is 45.0 Å². The van der Waals surface area contributed by atoms with Crippen LogP contribution in [0.25, 0.3) is 0 Å². The molecular formula is C28H32BN4O3. The third-order valence-corrected chi connectivity index (χ3v) is 6.69. The van der Waals surface area contributed by atoms with Crippen LogP contribution in [0.5, 0.6) is 0 Å². The van der Waals surface area contributed by atoms with Gasteiger partial charge < -0.3 is 19.2 Å². The number of hydrogen-bond donors (Lipinski definition) is 0. The van der Waals surface area contributed by atoms with Crippen LogP contribution in [0.15, 0.2) is 54.7 Å². The van der Waals surface area contributed by atoms with Crippen LogP contribution in [0.1, 0.15) is 33.8 Å². The number of anilines is 1. The first-order valence-corrected chi connectivity index (χ1v) is 12.4. The van der Waals surface area contributed by atoms with Gasteiger partial charge in [0, 0.05) is 50.2 Å². The summed E-state index contributed by atoms with van der Waals surface area (Å²) >= 11 is 0. The zero-order chi connectivity index (χ0) is 25.3. The highest BCUT2D eigenvalue weighted by atomic mass is 16.5. The van der Waals surface area contributed by atoms with Crippen LogP contribution >= 0.6 is 0 Å². The lowest BCUT2D eigenvalue weighted by Gasteiger charge is -2.35. The van der Waals surface area contributed by atoms with E-state index in [9.17, 15) is 9.59 Å². The van der Waals surface area contributed by atoms with E-state index in [0.717, 1.165) is 73.4 Å². The summed E-state index contributed by atoms with van der Waals surface area (Å²) in [4.78, 5) is 36.3. The maximum absolute atomic E-state index is 11.8. The van der Waals surface area contributed by atoms with Crippen molar-refractivity contribution >= 4 is 25.3 Å². The van der Waals surface area contributed by atoms with Crippen LogP contribution in [0, 0.1) is 6.92 Å². The van der Waals surface area contributed by atoms with Crippen LogP contribution in [0.4, 0.5) is 5.69 Å². The van der Waals surface area contributed by atoms with E-state index < -0.39 is 0 Å². The molecule has 185 valence electrons. The second-order valence-corrected chi connectivity index (χ2v) is 9.09. The molecule has 2 heterocycles. The number of ether oxygens (including phenoxy) is 1. The fraction of sp³-hybridized carbons (Fsp3) is 0.357. The van der Waals surface area contributed by atoms with Crippen molar-refractivity contribution in [2.45, 2.75) is 32.6 Å². The number of nitrogens with zero attached hydrogens (tertiary/aromatic N) is 4. The number of benzene rings is 2. The molecule has 4 rings (SSSR count). The van der Waals surface area contributed by atoms with Gasteiger partial charge in [0.25, 0.3) is 7.41 Å². The number of carbonyl (C=O) groups is 2. The van der Waals surface area contributed by atoms with Crippen LogP contribution in [-0.4, -0.2) is 67.6 Å². The summed E-state index contributed by atoms with van der Waals surface area (Å²) in [6.07, 6.45) is 5.30. The topological polar surface area (TPSA) is 75.6 Å². The maximum atomic E-state index is 11.8. The van der Waals surface area contributed by atoms with Crippen molar-refractivity contribution in [1.82, 2.24) is 14.8 Å². The van der Waals surface area contributed by atoms with Gasteiger partial charge in [-0.25, -0.2) is 9.97 Å². The molecule has 1 aliphatic heterocycles. The molecule has 1 aliphatic rings. The first-order chi connectivity index (χ1) is 17.6. The minimum atomic E-state index is -0.229. The average Bonchev–Trinajstić information content (AvgIpc) is 2.91. The summed E-state index contributed by atoms with van der Waals surface area (Å²) in [5.74, 6) is 0.580. The number of methoxy groups -OCH3 is 1. The summed E-state index contributed by atoms with van der Waals surface area (Å²) in [5, 5.41) is 0. The van der Waals surface area contributed by atoms with Gasteiger partial charge in [-0.1, -0.05) is 36.4 Å². The quantitative estimate of drug-likeness (QED) is 0.249. The van der Waals surface area contributed by atoms with E-state index in [1.807, 2.05) is 31.3 Å². The van der Waals surface area contributed by atoms with Crippen LogP contribution in [0.3, 0.4) is 0 Å². The second-order valence-electron chi connectivity index (χ2n) is 9.09. The fourth-order valence-electron chi connectivity index (χ4n) is 4.53. The molecule has 0 bridgehead atoms. The molecule has 8 heteroatoms. The number of piperazine rings is 1. The van der Waals surface area contributed by atoms with Gasteiger partial charge in [-0.2, -0.15) is 0 Å². The summed E-state index contributed by atoms with van der Waals surface area (Å²) in [5.41, 5.74) is 6.62. The lowest BCUT2D eigenvalue weighted by atomic mass is 9.93. The van der Waals surface area contributed by atoms with Crippen molar-refractivity contribution in [1.29, 1.82) is 0 Å². The standard InChI is InChI=1S/C28H32BN4O3/c1-21-19-30-27(31-26(21)12-9-23-5-3-4-6-24(23)18-28(35)36-2)17-22-7-10-25(11-8-22)32-13-15-33(16-14-32)29-20-34/h3-8,10-11,19-20H,9,12-18H2,1-2H3. The molecule has 0 aliphatic carbocycles. The lowest BCUT2D eigenvalue weighted by molar-refractivity contribution is -0.139. The van der Waals surface area contributed by atoms with Crippen LogP contribution in [-0.2, 0) is 40.0 Å². The number of aryl methyl sites for hydroxylation is 3. The van der Waals surface area contributed by atoms with Crippen molar-refractivity contribution in [3.63, 3.8) is 0 Å². The zero-order valence-corrected chi connectivity index (χ0v) is 21.0. The molecule has 0 spiro atoms. The van der Waals surface area contributed by atoms with Gasteiger partial charge in [0.05, 0.1) is 19.7 Å². The number of esters is 1. The summed E-state index contributed by atoms with van der Waals surface area (Å²) in [6, 6.07) is 16.6. The highest BCUT2D eigenvalue weighted by Crippen LogP contribution is 2.19. The van der Waals surface area contributed by atoms with Gasteiger partial charge in [-0.15, -0.1) is 0 Å². The van der Waals surface area contributed by atoms with Crippen molar-refractivity contribution in [3.8, 4) is 0 Å². The maximum Gasteiger partial charge on any atom is 0.309 e. The minimum absolute atomic E-state index is 0.229. The van der Waals surface area contributed by atoms with Gasteiger partial charge in [0.15, 0.2) is 0 Å². The van der Waals surface area contributed by atoms with E-state index >= 15 is 0 Å². The molecular weight excluding hydrogens is 451 g/mol. The van der Waals surface area contributed by atoms with Gasteiger partial charge in [0.1, 0.15) is 5.82 Å². The Bertz CT molecular complexity index is 1180. The van der Waals surface area contributed by atoms with E-state index in [1.165, 1.54) is 18.4 Å². The predicted octanol–water partition coefficient (Wildman–Crippen LogP) is 2.81. The summed E-state index contributed by atoms with van der Waals surface area (Å²) < 4.78 is 4.84. The molecule has 36 heavy (non-hydrogen) atoms. The van der Waals surface area contributed by atoms with Crippen molar-refractivity contribution in [2.24, 2.45) is 0 Å². The monoisotopic (exact) mass is 483 g/mol. The second kappa shape index (κ2) is 12.4. The Morgan fingerprint density at radius 3 is 2.44 bits per heavy atom. The SMILES string of the molecule is COC(=O)Cc1ccccc1CCc1nc(Cc2ccc(N3CCN([B]C=O)CC3)cc2)ncc1C. The number of hydrogen-bond acceptors (Lipinski definition) is 7. The van der Waals surface area contributed by atoms with Gasteiger partial charge >= 0.3 is 5.97 Å². The third kappa shape index (κ3) is 6.79. The molecule has 0 N–H and O–H groups in total. The van der Waals surface area contributed by atoms with Crippen LogP contribution < -0.4 is 4.90 Å². The lowest BCUT2D eigenvalue weighted by Crippen LogP contribution is -2.48. The van der Waals surface area contributed by atoms with Crippen LogP contribution in [0.2, 0.25) is 0 Å². The Labute approximate surface area is 213 Å². The Morgan fingerprint density at radius 2 is 1.75 bits per heavy atom. The molecule has 1 saturated heterocycles. The van der Waals surface area contributed by atoms with Gasteiger partial charge in [-0.3, -0.25) is 4.79 Å². The first kappa shape index (κ1) is 25.6. The molecule has 1 aromatic heterocycles. The van der Waals surface area contributed by atoms with E-state index in [-0.39, 0.29) is 12.4 Å². The zero-order valence-electron chi connectivity index (χ0n) is 21.0. The molecule has 7 nitrogen and oxygen atoms in total. The summed E-state index contributed by atoms with van der Waals surface area (Å²) in [6.45, 7) is 5.55. The largest absolute Gasteiger partial charge is 0.469 e. The van der Waals surface area contributed by atoms with E-state index in [0.29, 0.717) is 6.42 Å². The number of rotatable bonds is 10. The molecule has 0 saturated carbocycles. The molecule has 2 aromatic carbocycles. The third-order valence-electron chi connectivity index (χ3n) is 6.69. The highest BCUT2D eigenvalue weighted by Gasteiger charge is 2.17. The number of aromatic nitrogens is 2. The van der Waals surface area contributed by atoms with Gasteiger partial charge in [0.2, 0.25) is 0 Å². The normalized spacial score (nSPS) is 13.9. The first-order valence-electron chi connectivity index (χ1n) is 12.4. The van der Waals surface area contributed by atoms with E-state index in [1.54, 1.807) is 7.41 Å². The average molecular weight is 483 g/mol. The Kier molecular flexibility index (Phi) is 8.84. The molecule has 1 fully saturated rings. The van der Waals surface area contributed by atoms with E-state index in [4.69, 9.17) is 9.72 Å². The Balaban J connectivity index is 1.37.